The minimum Gasteiger partial charge on any atom is -0.467 e. The van der Waals surface area contributed by atoms with E-state index >= 15 is 0 Å². The summed E-state index contributed by atoms with van der Waals surface area (Å²) in [5.41, 5.74) is 0.708. The zero-order chi connectivity index (χ0) is 15.2. The van der Waals surface area contributed by atoms with Crippen LogP contribution in [0.2, 0.25) is 0 Å². The minimum atomic E-state index is -0.773. The molecule has 2 rings (SSSR count). The van der Waals surface area contributed by atoms with Crippen LogP contribution in [-0.4, -0.2) is 19.0 Å². The van der Waals surface area contributed by atoms with Crippen LogP contribution >= 0.6 is 11.3 Å². The number of methoxy groups -OCH3 is 1. The van der Waals surface area contributed by atoms with Crippen molar-refractivity contribution < 1.29 is 14.3 Å². The molecule has 2 aromatic rings. The molecule has 1 atom stereocenters. The molecular weight excluding hydrogens is 286 g/mol. The molecule has 0 fully saturated rings. The maximum atomic E-state index is 12.1. The maximum Gasteiger partial charge on any atom is 0.333 e. The summed E-state index contributed by atoms with van der Waals surface area (Å²) in [6, 6.07) is 12.2. The van der Waals surface area contributed by atoms with Crippen LogP contribution < -0.4 is 5.32 Å². The smallest absolute Gasteiger partial charge is 0.333 e. The summed E-state index contributed by atoms with van der Waals surface area (Å²) in [5, 5.41) is 2.73. The van der Waals surface area contributed by atoms with Crippen molar-refractivity contribution in [1.29, 1.82) is 0 Å². The van der Waals surface area contributed by atoms with E-state index in [9.17, 15) is 9.59 Å². The second-order valence-electron chi connectivity index (χ2n) is 4.62. The summed E-state index contributed by atoms with van der Waals surface area (Å²) < 4.78 is 4.77. The van der Waals surface area contributed by atoms with Gasteiger partial charge in [0.05, 0.1) is 13.5 Å². The Labute approximate surface area is 127 Å². The maximum absolute atomic E-state index is 12.1. The molecular formula is C16H17NO3S. The Hall–Kier alpha value is -2.14. The average molecular weight is 303 g/mol. The van der Waals surface area contributed by atoms with Gasteiger partial charge in [-0.1, -0.05) is 30.3 Å². The quantitative estimate of drug-likeness (QED) is 0.864. The molecule has 21 heavy (non-hydrogen) atoms. The van der Waals surface area contributed by atoms with Crippen molar-refractivity contribution in [3.05, 3.63) is 57.8 Å². The van der Waals surface area contributed by atoms with E-state index in [1.54, 1.807) is 23.5 Å². The normalized spacial score (nSPS) is 11.7. The zero-order valence-electron chi connectivity index (χ0n) is 12.0. The third-order valence-corrected chi connectivity index (χ3v) is 4.01. The molecule has 0 spiro atoms. The molecule has 1 heterocycles. The largest absolute Gasteiger partial charge is 0.467 e. The Balaban J connectivity index is 2.08. The van der Waals surface area contributed by atoms with Crippen LogP contribution in [0.15, 0.2) is 42.5 Å². The topological polar surface area (TPSA) is 55.4 Å². The van der Waals surface area contributed by atoms with Gasteiger partial charge < -0.3 is 10.1 Å². The molecule has 110 valence electrons. The molecule has 0 saturated heterocycles. The van der Waals surface area contributed by atoms with E-state index in [1.807, 2.05) is 37.3 Å². The van der Waals surface area contributed by atoms with Crippen molar-refractivity contribution in [3.63, 3.8) is 0 Å². The molecule has 1 N–H and O–H groups in total. The standard InChI is InChI=1S/C16H17NO3S/c1-11-8-9-13(21-11)10-14(18)17-15(16(19)20-2)12-6-4-3-5-7-12/h3-9,15H,10H2,1-2H3,(H,17,18). The molecule has 1 aromatic carbocycles. The van der Waals surface area contributed by atoms with E-state index in [1.165, 1.54) is 7.11 Å². The van der Waals surface area contributed by atoms with Crippen LogP contribution in [-0.2, 0) is 20.7 Å². The number of esters is 1. The number of amides is 1. The van der Waals surface area contributed by atoms with Crippen LogP contribution in [0.25, 0.3) is 0 Å². The summed E-state index contributed by atoms with van der Waals surface area (Å²) >= 11 is 1.58. The van der Waals surface area contributed by atoms with E-state index in [2.05, 4.69) is 5.32 Å². The molecule has 0 bridgehead atoms. The van der Waals surface area contributed by atoms with Gasteiger partial charge in [-0.05, 0) is 24.6 Å². The van der Waals surface area contributed by atoms with Crippen molar-refractivity contribution >= 4 is 23.2 Å². The van der Waals surface area contributed by atoms with Gasteiger partial charge in [-0.15, -0.1) is 11.3 Å². The lowest BCUT2D eigenvalue weighted by Crippen LogP contribution is -2.35. The highest BCUT2D eigenvalue weighted by molar-refractivity contribution is 7.12. The van der Waals surface area contributed by atoms with Crippen molar-refractivity contribution in [1.82, 2.24) is 5.32 Å². The first-order valence-electron chi connectivity index (χ1n) is 6.57. The van der Waals surface area contributed by atoms with E-state index in [0.717, 1.165) is 9.75 Å². The first-order chi connectivity index (χ1) is 10.1. The van der Waals surface area contributed by atoms with Gasteiger partial charge in [0.25, 0.3) is 0 Å². The van der Waals surface area contributed by atoms with Gasteiger partial charge in [-0.25, -0.2) is 4.79 Å². The fourth-order valence-corrected chi connectivity index (χ4v) is 2.88. The Bertz CT molecular complexity index is 621. The SMILES string of the molecule is COC(=O)C(NC(=O)Cc1ccc(C)s1)c1ccccc1. The summed E-state index contributed by atoms with van der Waals surface area (Å²) in [5.74, 6) is -0.673. The van der Waals surface area contributed by atoms with E-state index in [4.69, 9.17) is 4.74 Å². The first-order valence-corrected chi connectivity index (χ1v) is 7.39. The fourth-order valence-electron chi connectivity index (χ4n) is 1.99. The lowest BCUT2D eigenvalue weighted by atomic mass is 10.1. The fraction of sp³-hybridized carbons (Fsp3) is 0.250. The number of rotatable bonds is 5. The van der Waals surface area contributed by atoms with E-state index in [0.29, 0.717) is 5.56 Å². The Morgan fingerprint density at radius 1 is 1.19 bits per heavy atom. The number of nitrogens with one attached hydrogen (secondary N) is 1. The summed E-state index contributed by atoms with van der Waals surface area (Å²) in [4.78, 5) is 26.1. The van der Waals surface area contributed by atoms with Gasteiger partial charge in [0, 0.05) is 9.75 Å². The van der Waals surface area contributed by atoms with Crippen molar-refractivity contribution in [3.8, 4) is 0 Å². The first kappa shape index (κ1) is 15.3. The molecule has 4 nitrogen and oxygen atoms in total. The lowest BCUT2D eigenvalue weighted by molar-refractivity contribution is -0.145. The van der Waals surface area contributed by atoms with Crippen molar-refractivity contribution in [2.45, 2.75) is 19.4 Å². The number of thiophene rings is 1. The second kappa shape index (κ2) is 7.04. The zero-order valence-corrected chi connectivity index (χ0v) is 12.8. The van der Waals surface area contributed by atoms with Crippen LogP contribution in [0.5, 0.6) is 0 Å². The summed E-state index contributed by atoms with van der Waals surface area (Å²) in [7, 11) is 1.31. The van der Waals surface area contributed by atoms with Gasteiger partial charge in [-0.3, -0.25) is 4.79 Å². The summed E-state index contributed by atoms with van der Waals surface area (Å²) in [6.07, 6.45) is 0.263. The predicted octanol–water partition coefficient (Wildman–Crippen LogP) is 2.63. The molecule has 0 radical (unpaired) electrons. The highest BCUT2D eigenvalue weighted by Crippen LogP contribution is 2.17. The minimum absolute atomic E-state index is 0.198. The van der Waals surface area contributed by atoms with Crippen LogP contribution in [0.3, 0.4) is 0 Å². The molecule has 0 aliphatic carbocycles. The van der Waals surface area contributed by atoms with Crippen LogP contribution in [0.4, 0.5) is 0 Å². The number of hydrogen-bond donors (Lipinski definition) is 1. The Morgan fingerprint density at radius 3 is 2.48 bits per heavy atom. The van der Waals surface area contributed by atoms with Gasteiger partial charge in [0.15, 0.2) is 6.04 Å². The number of hydrogen-bond acceptors (Lipinski definition) is 4. The molecule has 5 heteroatoms. The molecule has 1 amide bonds. The Morgan fingerprint density at radius 2 is 1.90 bits per heavy atom. The number of aryl methyl sites for hydroxylation is 1. The van der Waals surface area contributed by atoms with Gasteiger partial charge >= 0.3 is 5.97 Å². The molecule has 1 aromatic heterocycles. The third kappa shape index (κ3) is 4.16. The summed E-state index contributed by atoms with van der Waals surface area (Å²) in [6.45, 7) is 1.99. The number of carbonyl (C=O) groups excluding carboxylic acids is 2. The van der Waals surface area contributed by atoms with Crippen LogP contribution in [0, 0.1) is 6.92 Å². The predicted molar refractivity (Wildman–Crippen MR) is 82.1 cm³/mol. The number of carbonyl (C=O) groups is 2. The van der Waals surface area contributed by atoms with Crippen molar-refractivity contribution in [2.75, 3.05) is 7.11 Å². The van der Waals surface area contributed by atoms with Gasteiger partial charge in [-0.2, -0.15) is 0 Å². The van der Waals surface area contributed by atoms with Gasteiger partial charge in [0.2, 0.25) is 5.91 Å². The highest BCUT2D eigenvalue weighted by atomic mass is 32.1. The van der Waals surface area contributed by atoms with Crippen LogP contribution in [0.1, 0.15) is 21.4 Å². The molecule has 0 saturated carbocycles. The number of benzene rings is 1. The third-order valence-electron chi connectivity index (χ3n) is 3.01. The molecule has 1 unspecified atom stereocenters. The van der Waals surface area contributed by atoms with E-state index < -0.39 is 12.0 Å². The van der Waals surface area contributed by atoms with Crippen molar-refractivity contribution in [2.24, 2.45) is 0 Å². The number of ether oxygens (including phenoxy) is 1. The second-order valence-corrected chi connectivity index (χ2v) is 6.00. The monoisotopic (exact) mass is 303 g/mol. The highest BCUT2D eigenvalue weighted by Gasteiger charge is 2.23. The van der Waals surface area contributed by atoms with E-state index in [-0.39, 0.29) is 12.3 Å². The molecule has 0 aliphatic rings. The molecule has 0 aliphatic heterocycles. The Kier molecular flexibility index (Phi) is 5.11. The average Bonchev–Trinajstić information content (AvgIpc) is 2.90. The lowest BCUT2D eigenvalue weighted by Gasteiger charge is -2.16. The van der Waals surface area contributed by atoms with Gasteiger partial charge in [0.1, 0.15) is 0 Å².